The minimum atomic E-state index is -0.0356. The third-order valence-corrected chi connectivity index (χ3v) is 7.30. The highest BCUT2D eigenvalue weighted by Crippen LogP contribution is 2.31. The topological polar surface area (TPSA) is 33.5 Å². The molecule has 3 fully saturated rings. The Morgan fingerprint density at radius 2 is 1.83 bits per heavy atom. The van der Waals surface area contributed by atoms with Crippen molar-refractivity contribution >= 4 is 29.0 Å². The standard InChI is InChI=1S/C18H30Cl2N2O/c19-14-8-7-13(11-15(14)20)18(23)12-22-10-4-2-6-17(22)16-5-1-3-9-21-16/h13-17,21H,1-12H2/p+1. The molecule has 3 rings (SSSR count). The molecule has 0 spiro atoms. The average Bonchev–Trinajstić information content (AvgIpc) is 2.58. The van der Waals surface area contributed by atoms with Gasteiger partial charge < -0.3 is 10.2 Å². The van der Waals surface area contributed by atoms with Gasteiger partial charge in [0, 0.05) is 17.7 Å². The van der Waals surface area contributed by atoms with Crippen molar-refractivity contribution in [3.05, 3.63) is 0 Å². The summed E-state index contributed by atoms with van der Waals surface area (Å²) in [5.41, 5.74) is 0. The molecule has 3 aliphatic rings. The van der Waals surface area contributed by atoms with E-state index < -0.39 is 0 Å². The van der Waals surface area contributed by atoms with Gasteiger partial charge in [-0.2, -0.15) is 0 Å². The first kappa shape index (κ1) is 18.0. The molecule has 1 saturated carbocycles. The summed E-state index contributed by atoms with van der Waals surface area (Å²) in [6.45, 7) is 3.00. The number of hydrogen-bond donors (Lipinski definition) is 2. The van der Waals surface area contributed by atoms with Crippen LogP contribution in [0.5, 0.6) is 0 Å². The number of likely N-dealkylation sites (tertiary alicyclic amines) is 1. The molecule has 2 saturated heterocycles. The van der Waals surface area contributed by atoms with E-state index in [2.05, 4.69) is 5.32 Å². The molecule has 2 aliphatic heterocycles. The summed E-state index contributed by atoms with van der Waals surface area (Å²) in [6.07, 6.45) is 10.4. The van der Waals surface area contributed by atoms with E-state index in [1.54, 1.807) is 0 Å². The predicted molar refractivity (Wildman–Crippen MR) is 95.6 cm³/mol. The summed E-state index contributed by atoms with van der Waals surface area (Å²) in [7, 11) is 0. The second kappa shape index (κ2) is 8.51. The van der Waals surface area contributed by atoms with Crippen LogP contribution >= 0.6 is 23.2 Å². The van der Waals surface area contributed by atoms with E-state index in [4.69, 9.17) is 23.2 Å². The number of alkyl halides is 2. The fraction of sp³-hybridized carbons (Fsp3) is 0.944. The van der Waals surface area contributed by atoms with Crippen LogP contribution in [-0.4, -0.2) is 48.3 Å². The van der Waals surface area contributed by atoms with Crippen molar-refractivity contribution in [1.29, 1.82) is 0 Å². The van der Waals surface area contributed by atoms with Crippen LogP contribution < -0.4 is 10.2 Å². The number of rotatable bonds is 4. The molecule has 132 valence electrons. The van der Waals surface area contributed by atoms with Crippen LogP contribution in [0.4, 0.5) is 0 Å². The molecule has 0 aromatic rings. The second-order valence-electron chi connectivity index (χ2n) is 7.75. The Bertz CT molecular complexity index is 400. The Hall–Kier alpha value is 0.170. The van der Waals surface area contributed by atoms with Crippen LogP contribution in [0, 0.1) is 5.92 Å². The highest BCUT2D eigenvalue weighted by atomic mass is 35.5. The third kappa shape index (κ3) is 4.62. The maximum absolute atomic E-state index is 12.8. The maximum atomic E-state index is 12.8. The smallest absolute Gasteiger partial charge is 0.189 e. The first-order chi connectivity index (χ1) is 11.1. The zero-order valence-corrected chi connectivity index (χ0v) is 15.5. The normalized spacial score (nSPS) is 42.3. The lowest BCUT2D eigenvalue weighted by Crippen LogP contribution is -3.19. The largest absolute Gasteiger partial charge is 0.325 e. The molecule has 3 nitrogen and oxygen atoms in total. The zero-order valence-electron chi connectivity index (χ0n) is 14.0. The number of halogens is 2. The number of quaternary nitrogens is 1. The van der Waals surface area contributed by atoms with E-state index in [1.165, 1.54) is 43.4 Å². The van der Waals surface area contributed by atoms with Gasteiger partial charge in [0.05, 0.1) is 18.0 Å². The van der Waals surface area contributed by atoms with E-state index >= 15 is 0 Å². The van der Waals surface area contributed by atoms with Gasteiger partial charge in [-0.15, -0.1) is 23.2 Å². The van der Waals surface area contributed by atoms with Gasteiger partial charge in [0.25, 0.3) is 0 Å². The van der Waals surface area contributed by atoms with Crippen molar-refractivity contribution in [2.75, 3.05) is 19.6 Å². The van der Waals surface area contributed by atoms with Crippen molar-refractivity contribution in [2.45, 2.75) is 80.6 Å². The van der Waals surface area contributed by atoms with Crippen LogP contribution in [0.1, 0.15) is 57.8 Å². The first-order valence-corrected chi connectivity index (χ1v) is 10.4. The summed E-state index contributed by atoms with van der Waals surface area (Å²) in [5, 5.41) is 3.72. The van der Waals surface area contributed by atoms with Gasteiger partial charge in [-0.3, -0.25) is 4.79 Å². The first-order valence-electron chi connectivity index (χ1n) is 9.54. The van der Waals surface area contributed by atoms with Gasteiger partial charge in [-0.25, -0.2) is 0 Å². The molecule has 5 heteroatoms. The number of nitrogens with one attached hydrogen (secondary N) is 2. The molecule has 2 N–H and O–H groups in total. The minimum absolute atomic E-state index is 0.0356. The molecule has 0 aromatic heterocycles. The van der Waals surface area contributed by atoms with Crippen molar-refractivity contribution in [2.24, 2.45) is 5.92 Å². The maximum Gasteiger partial charge on any atom is 0.189 e. The Balaban J connectivity index is 1.56. The monoisotopic (exact) mass is 361 g/mol. The lowest BCUT2D eigenvalue weighted by molar-refractivity contribution is -0.924. The third-order valence-electron chi connectivity index (χ3n) is 6.17. The van der Waals surface area contributed by atoms with Gasteiger partial charge in [0.2, 0.25) is 0 Å². The molecule has 0 bridgehead atoms. The number of Topliss-reactive ketones (excluding diaryl/α,β-unsaturated/α-hetero) is 1. The van der Waals surface area contributed by atoms with E-state index in [9.17, 15) is 4.79 Å². The van der Waals surface area contributed by atoms with E-state index in [0.717, 1.165) is 32.4 Å². The number of piperidine rings is 2. The quantitative estimate of drug-likeness (QED) is 0.752. The Morgan fingerprint density at radius 3 is 2.57 bits per heavy atom. The van der Waals surface area contributed by atoms with E-state index in [1.807, 2.05) is 0 Å². The molecular weight excluding hydrogens is 331 g/mol. The average molecular weight is 362 g/mol. The summed E-state index contributed by atoms with van der Waals surface area (Å²) in [5.74, 6) is 0.568. The molecule has 0 amide bonds. The summed E-state index contributed by atoms with van der Waals surface area (Å²) < 4.78 is 0. The highest BCUT2D eigenvalue weighted by molar-refractivity contribution is 6.30. The number of ketones is 1. The van der Waals surface area contributed by atoms with E-state index in [0.29, 0.717) is 24.4 Å². The summed E-state index contributed by atoms with van der Waals surface area (Å²) in [4.78, 5) is 14.3. The number of carbonyl (C=O) groups is 1. The van der Waals surface area contributed by atoms with E-state index in [-0.39, 0.29) is 16.7 Å². The molecule has 6 unspecified atom stereocenters. The molecule has 2 heterocycles. The van der Waals surface area contributed by atoms with Gasteiger partial charge in [-0.1, -0.05) is 6.42 Å². The van der Waals surface area contributed by atoms with Crippen molar-refractivity contribution in [3.8, 4) is 0 Å². The molecule has 23 heavy (non-hydrogen) atoms. The predicted octanol–water partition coefficient (Wildman–Crippen LogP) is 2.15. The van der Waals surface area contributed by atoms with Crippen LogP contribution in [0.25, 0.3) is 0 Å². The van der Waals surface area contributed by atoms with Crippen molar-refractivity contribution in [1.82, 2.24) is 5.32 Å². The van der Waals surface area contributed by atoms with Crippen molar-refractivity contribution in [3.63, 3.8) is 0 Å². The van der Waals surface area contributed by atoms with Gasteiger partial charge in [0.1, 0.15) is 12.6 Å². The number of carbonyl (C=O) groups excluding carboxylic acids is 1. The fourth-order valence-corrected chi connectivity index (χ4v) is 5.34. The molecular formula is C18H31Cl2N2O+. The van der Waals surface area contributed by atoms with Gasteiger partial charge >= 0.3 is 0 Å². The van der Waals surface area contributed by atoms with Gasteiger partial charge in [-0.05, 0) is 51.5 Å². The lowest BCUT2D eigenvalue weighted by Gasteiger charge is -2.40. The lowest BCUT2D eigenvalue weighted by atomic mass is 9.84. The summed E-state index contributed by atoms with van der Waals surface area (Å²) >= 11 is 12.5. The number of hydrogen-bond acceptors (Lipinski definition) is 2. The second-order valence-corrected chi connectivity index (χ2v) is 8.87. The molecule has 0 radical (unpaired) electrons. The van der Waals surface area contributed by atoms with Gasteiger partial charge in [0.15, 0.2) is 5.78 Å². The molecule has 6 atom stereocenters. The van der Waals surface area contributed by atoms with Crippen LogP contribution in [0.15, 0.2) is 0 Å². The SMILES string of the molecule is O=C(C[NH+]1CCCCC1C1CCCCN1)C1CCC(Cl)C(Cl)C1. The Labute approximate surface area is 150 Å². The summed E-state index contributed by atoms with van der Waals surface area (Å²) in [6, 6.07) is 1.25. The minimum Gasteiger partial charge on any atom is -0.325 e. The molecule has 1 aliphatic carbocycles. The zero-order chi connectivity index (χ0) is 16.2. The van der Waals surface area contributed by atoms with Crippen LogP contribution in [0.2, 0.25) is 0 Å². The molecule has 0 aromatic carbocycles. The highest BCUT2D eigenvalue weighted by Gasteiger charge is 2.38. The van der Waals surface area contributed by atoms with Crippen LogP contribution in [0.3, 0.4) is 0 Å². The Morgan fingerprint density at radius 1 is 1.00 bits per heavy atom. The Kier molecular flexibility index (Phi) is 6.65. The van der Waals surface area contributed by atoms with Crippen LogP contribution in [-0.2, 0) is 4.79 Å². The fourth-order valence-electron chi connectivity index (χ4n) is 4.77. The van der Waals surface area contributed by atoms with Crippen molar-refractivity contribution < 1.29 is 9.69 Å².